The molecule has 2 aromatic heterocycles. The number of anilines is 2. The molecule has 0 radical (unpaired) electrons. The van der Waals surface area contributed by atoms with Crippen molar-refractivity contribution in [3.05, 3.63) is 96.1 Å². The van der Waals surface area contributed by atoms with Gasteiger partial charge in [-0.05, 0) is 42.3 Å². The molecule has 0 aliphatic carbocycles. The first-order valence-electron chi connectivity index (χ1n) is 14.0. The lowest BCUT2D eigenvalue weighted by molar-refractivity contribution is 0.254. The van der Waals surface area contributed by atoms with Crippen molar-refractivity contribution in [3.8, 4) is 22.9 Å². The molecule has 13 heteroatoms. The fraction of sp³-hybridized carbons (Fsp3) is 0.226. The van der Waals surface area contributed by atoms with Crippen molar-refractivity contribution >= 4 is 32.4 Å². The van der Waals surface area contributed by atoms with Crippen LogP contribution in [0.2, 0.25) is 0 Å². The number of aromatic nitrogens is 4. The number of halogens is 2. The molecule has 226 valence electrons. The molecule has 44 heavy (non-hydrogen) atoms. The standard InChI is InChI=1S/C31H29F2N7O3S/c1-19-7-8-23-24(9-10-26(33)28(23)40-44(41,42)18-20-5-3-2-4-6-20)29(19)43-30-25(11-14-36-39-30)27-12-13-35-31(38-27)37-22-15-21(32)16-34-17-22/h2-14,21-22,34,40H,15-18H2,1H3,(H,35,37,38)/t21-,22-/m0/s1. The van der Waals surface area contributed by atoms with Gasteiger partial charge in [-0.3, -0.25) is 4.72 Å². The van der Waals surface area contributed by atoms with Gasteiger partial charge in [-0.1, -0.05) is 42.5 Å². The molecule has 1 fully saturated rings. The van der Waals surface area contributed by atoms with Crippen LogP contribution in [0.1, 0.15) is 17.5 Å². The van der Waals surface area contributed by atoms with Crippen LogP contribution in [-0.4, -0.2) is 53.9 Å². The van der Waals surface area contributed by atoms with Crippen LogP contribution in [0.5, 0.6) is 11.6 Å². The van der Waals surface area contributed by atoms with E-state index in [0.29, 0.717) is 64.4 Å². The summed E-state index contributed by atoms with van der Waals surface area (Å²) < 4.78 is 63.8. The maximum atomic E-state index is 15.1. The van der Waals surface area contributed by atoms with Gasteiger partial charge >= 0.3 is 0 Å². The Balaban J connectivity index is 1.32. The molecule has 0 amide bonds. The number of piperidine rings is 1. The van der Waals surface area contributed by atoms with Gasteiger partial charge in [0.2, 0.25) is 21.9 Å². The molecule has 1 saturated heterocycles. The number of hydrogen-bond acceptors (Lipinski definition) is 9. The largest absolute Gasteiger partial charge is 0.436 e. The minimum absolute atomic E-state index is 0.131. The molecule has 0 unspecified atom stereocenters. The second-order valence-electron chi connectivity index (χ2n) is 10.5. The Kier molecular flexibility index (Phi) is 8.31. The molecule has 3 heterocycles. The van der Waals surface area contributed by atoms with Crippen LogP contribution in [0.3, 0.4) is 0 Å². The van der Waals surface area contributed by atoms with Crippen LogP contribution in [0.15, 0.2) is 79.1 Å². The van der Waals surface area contributed by atoms with Crippen molar-refractivity contribution in [2.24, 2.45) is 0 Å². The quantitative estimate of drug-likeness (QED) is 0.200. The Morgan fingerprint density at radius 2 is 1.82 bits per heavy atom. The zero-order chi connectivity index (χ0) is 30.7. The van der Waals surface area contributed by atoms with Crippen LogP contribution < -0.4 is 20.1 Å². The summed E-state index contributed by atoms with van der Waals surface area (Å²) in [5.41, 5.74) is 2.10. The minimum Gasteiger partial charge on any atom is -0.436 e. The fourth-order valence-corrected chi connectivity index (χ4v) is 6.35. The molecule has 0 bridgehead atoms. The summed E-state index contributed by atoms with van der Waals surface area (Å²) >= 11 is 0. The van der Waals surface area contributed by atoms with E-state index in [2.05, 4.69) is 35.5 Å². The third-order valence-electron chi connectivity index (χ3n) is 7.20. The third-order valence-corrected chi connectivity index (χ3v) is 8.43. The van der Waals surface area contributed by atoms with Crippen molar-refractivity contribution in [2.45, 2.75) is 31.3 Å². The van der Waals surface area contributed by atoms with Gasteiger partial charge < -0.3 is 15.4 Å². The van der Waals surface area contributed by atoms with Crippen LogP contribution >= 0.6 is 0 Å². The summed E-state index contributed by atoms with van der Waals surface area (Å²) in [5, 5.41) is 15.2. The molecule has 2 atom stereocenters. The Morgan fingerprint density at radius 1 is 1.00 bits per heavy atom. The lowest BCUT2D eigenvalue weighted by Crippen LogP contribution is -2.44. The molecule has 10 nitrogen and oxygen atoms in total. The number of rotatable bonds is 9. The van der Waals surface area contributed by atoms with E-state index in [1.165, 1.54) is 18.3 Å². The SMILES string of the molecule is Cc1ccc2c(NS(=O)(=O)Cc3ccccc3)c(F)ccc2c1Oc1nnccc1-c1ccnc(N[C@@H]2CNC[C@@H](F)C2)n1. The highest BCUT2D eigenvalue weighted by molar-refractivity contribution is 7.91. The number of benzene rings is 3. The number of aryl methyl sites for hydroxylation is 1. The summed E-state index contributed by atoms with van der Waals surface area (Å²) in [5.74, 6) is -0.231. The lowest BCUT2D eigenvalue weighted by Gasteiger charge is -2.26. The van der Waals surface area contributed by atoms with E-state index in [1.807, 2.05) is 6.92 Å². The highest BCUT2D eigenvalue weighted by atomic mass is 32.2. The van der Waals surface area contributed by atoms with E-state index < -0.39 is 22.0 Å². The molecule has 6 rings (SSSR count). The van der Waals surface area contributed by atoms with E-state index in [9.17, 15) is 12.8 Å². The molecule has 3 aromatic carbocycles. The van der Waals surface area contributed by atoms with Gasteiger partial charge in [0.1, 0.15) is 17.7 Å². The average molecular weight is 618 g/mol. The summed E-state index contributed by atoms with van der Waals surface area (Å²) in [6.07, 6.45) is 2.47. The molecule has 1 aliphatic heterocycles. The van der Waals surface area contributed by atoms with E-state index in [1.54, 1.807) is 60.8 Å². The molecular weight excluding hydrogens is 588 g/mol. The first-order chi connectivity index (χ1) is 21.3. The Hall–Kier alpha value is -4.75. The highest BCUT2D eigenvalue weighted by Crippen LogP contribution is 2.39. The fourth-order valence-electron chi connectivity index (χ4n) is 5.13. The van der Waals surface area contributed by atoms with E-state index in [0.717, 1.165) is 0 Å². The van der Waals surface area contributed by atoms with Crippen LogP contribution in [0.25, 0.3) is 22.0 Å². The molecule has 0 saturated carbocycles. The Labute approximate surface area is 253 Å². The van der Waals surface area contributed by atoms with Gasteiger partial charge in [0.05, 0.1) is 28.9 Å². The topological polar surface area (TPSA) is 131 Å². The number of alkyl halides is 1. The first-order valence-corrected chi connectivity index (χ1v) is 15.6. The minimum atomic E-state index is -3.94. The van der Waals surface area contributed by atoms with Crippen molar-refractivity contribution < 1.29 is 21.9 Å². The van der Waals surface area contributed by atoms with Crippen LogP contribution in [-0.2, 0) is 15.8 Å². The zero-order valence-electron chi connectivity index (χ0n) is 23.7. The van der Waals surface area contributed by atoms with Crippen molar-refractivity contribution in [1.82, 2.24) is 25.5 Å². The van der Waals surface area contributed by atoms with Gasteiger partial charge in [-0.2, -0.15) is 5.10 Å². The number of nitrogens with one attached hydrogen (secondary N) is 3. The van der Waals surface area contributed by atoms with Crippen LogP contribution in [0.4, 0.5) is 20.4 Å². The van der Waals surface area contributed by atoms with E-state index in [-0.39, 0.29) is 23.4 Å². The summed E-state index contributed by atoms with van der Waals surface area (Å²) in [6.45, 7) is 2.73. The Morgan fingerprint density at radius 3 is 2.64 bits per heavy atom. The maximum Gasteiger partial charge on any atom is 0.248 e. The van der Waals surface area contributed by atoms with Crippen molar-refractivity contribution in [1.29, 1.82) is 0 Å². The first kappa shape index (κ1) is 29.3. The number of nitrogens with zero attached hydrogens (tertiary/aromatic N) is 4. The number of sulfonamides is 1. The van der Waals surface area contributed by atoms with Gasteiger partial charge in [0.15, 0.2) is 0 Å². The lowest BCUT2D eigenvalue weighted by atomic mass is 10.0. The predicted octanol–water partition coefficient (Wildman–Crippen LogP) is 5.38. The maximum absolute atomic E-state index is 15.1. The van der Waals surface area contributed by atoms with E-state index in [4.69, 9.17) is 4.74 Å². The summed E-state index contributed by atoms with van der Waals surface area (Å²) in [7, 11) is -3.94. The molecule has 1 aliphatic rings. The van der Waals surface area contributed by atoms with Gasteiger partial charge in [-0.25, -0.2) is 27.2 Å². The number of fused-ring (bicyclic) bond motifs is 1. The van der Waals surface area contributed by atoms with Gasteiger partial charge in [0.25, 0.3) is 0 Å². The van der Waals surface area contributed by atoms with E-state index >= 15 is 4.39 Å². The number of hydrogen-bond donors (Lipinski definition) is 3. The van der Waals surface area contributed by atoms with Gasteiger partial charge in [-0.15, -0.1) is 5.10 Å². The molecule has 5 aromatic rings. The van der Waals surface area contributed by atoms with Gasteiger partial charge in [0, 0.05) is 42.5 Å². The summed E-state index contributed by atoms with van der Waals surface area (Å²) in [6, 6.07) is 17.9. The predicted molar refractivity (Wildman–Crippen MR) is 164 cm³/mol. The molecule has 3 N–H and O–H groups in total. The highest BCUT2D eigenvalue weighted by Gasteiger charge is 2.23. The molecular formula is C31H29F2N7O3S. The smallest absolute Gasteiger partial charge is 0.248 e. The van der Waals surface area contributed by atoms with Crippen LogP contribution in [0, 0.1) is 12.7 Å². The Bertz CT molecular complexity index is 1910. The normalized spacial score (nSPS) is 16.9. The zero-order valence-corrected chi connectivity index (χ0v) is 24.5. The van der Waals surface area contributed by atoms with Crippen molar-refractivity contribution in [2.75, 3.05) is 23.1 Å². The third kappa shape index (κ3) is 6.58. The monoisotopic (exact) mass is 617 g/mol. The summed E-state index contributed by atoms with van der Waals surface area (Å²) in [4.78, 5) is 8.89. The second kappa shape index (κ2) is 12.5. The average Bonchev–Trinajstić information content (AvgIpc) is 3.00. The second-order valence-corrected chi connectivity index (χ2v) is 12.2. The number of ether oxygens (including phenoxy) is 1. The van der Waals surface area contributed by atoms with Crippen molar-refractivity contribution in [3.63, 3.8) is 0 Å². The molecule has 0 spiro atoms.